The molecular weight excluding hydrogens is 1010 g/mol. The van der Waals surface area contributed by atoms with E-state index < -0.39 is 0 Å². The Hall–Kier alpha value is -9.12. The van der Waals surface area contributed by atoms with Crippen molar-refractivity contribution in [3.63, 3.8) is 0 Å². The first kappa shape index (κ1) is 53.2. The molecule has 0 aliphatic rings. The van der Waals surface area contributed by atoms with Crippen LogP contribution < -0.4 is 9.80 Å². The predicted octanol–water partition coefficient (Wildman–Crippen LogP) is 23.5. The Labute approximate surface area is 488 Å². The molecule has 0 saturated carbocycles. The van der Waals surface area contributed by atoms with Gasteiger partial charge in [-0.05, 0) is 159 Å². The maximum Gasteiger partial charge on any atom is 0.159 e. The van der Waals surface area contributed by atoms with E-state index in [1.165, 1.54) is 66.2 Å². The summed E-state index contributed by atoms with van der Waals surface area (Å²) >= 11 is 0. The summed E-state index contributed by atoms with van der Waals surface area (Å²) in [6.45, 7) is 25.3. The van der Waals surface area contributed by atoms with Gasteiger partial charge in [0.25, 0.3) is 0 Å². The molecule has 410 valence electrons. The fourth-order valence-electron chi connectivity index (χ4n) is 13.4. The molecule has 2 aromatic heterocycles. The lowest BCUT2D eigenvalue weighted by Crippen LogP contribution is -2.14. The zero-order valence-electron chi connectivity index (χ0n) is 49.5. The molecule has 0 amide bonds. The van der Waals surface area contributed by atoms with Crippen molar-refractivity contribution >= 4 is 106 Å². The summed E-state index contributed by atoms with van der Waals surface area (Å²) in [4.78, 5) is 4.92. The van der Waals surface area contributed by atoms with Gasteiger partial charge in [0.2, 0.25) is 0 Å². The monoisotopic (exact) mass is 1080 g/mol. The Balaban J connectivity index is 1.12. The Morgan fingerprint density at radius 3 is 1.27 bits per heavy atom. The molecule has 13 aromatic rings. The third-order valence-electron chi connectivity index (χ3n) is 17.7. The summed E-state index contributed by atoms with van der Waals surface area (Å²) in [7, 11) is 0. The van der Waals surface area contributed by atoms with Crippen molar-refractivity contribution in [2.24, 2.45) is 0 Å². The minimum absolute atomic E-state index is 0.182. The van der Waals surface area contributed by atoms with Crippen LogP contribution >= 0.6 is 0 Å². The van der Waals surface area contributed by atoms with Crippen LogP contribution in [0.25, 0.3) is 93.8 Å². The van der Waals surface area contributed by atoms with Crippen molar-refractivity contribution in [1.82, 2.24) is 0 Å². The summed E-state index contributed by atoms with van der Waals surface area (Å²) in [6.07, 6.45) is 5.85. The third kappa shape index (κ3) is 8.81. The van der Waals surface area contributed by atoms with Gasteiger partial charge in [-0.15, -0.1) is 0 Å². The average molecular weight is 1080 g/mol. The van der Waals surface area contributed by atoms with E-state index in [1.54, 1.807) is 0 Å². The Morgan fingerprint density at radius 1 is 0.386 bits per heavy atom. The van der Waals surface area contributed by atoms with E-state index in [2.05, 4.69) is 272 Å². The molecule has 0 aliphatic carbocycles. The first-order valence-corrected chi connectivity index (χ1v) is 30.1. The zero-order valence-corrected chi connectivity index (χ0v) is 49.5. The van der Waals surface area contributed by atoms with E-state index in [4.69, 9.17) is 15.4 Å². The SMILES string of the molecule is C=Cc1c(N(c2ccc(CC)cc2)c2cccc3c2oc2c(-c4ccccc4CC)cccc23)cc(C(C)C)c2ccc3c(N(c4ccc(CC)cc4)c4cccc5c4oc4c(-c6ccccc6CC)cccc45)cc(C(C)C)c(C)c3c12. The number of para-hydroxylation sites is 4. The fourth-order valence-corrected chi connectivity index (χ4v) is 13.4. The summed E-state index contributed by atoms with van der Waals surface area (Å²) < 4.78 is 14.7. The van der Waals surface area contributed by atoms with Crippen molar-refractivity contribution in [3.8, 4) is 22.3 Å². The van der Waals surface area contributed by atoms with Crippen LogP contribution in [-0.2, 0) is 25.7 Å². The molecule has 0 atom stereocenters. The molecule has 83 heavy (non-hydrogen) atoms. The summed E-state index contributed by atoms with van der Waals surface area (Å²) in [5.41, 5.74) is 24.4. The largest absolute Gasteiger partial charge is 0.453 e. The predicted molar refractivity (Wildman–Crippen MR) is 357 cm³/mol. The molecule has 0 fully saturated rings. The van der Waals surface area contributed by atoms with Gasteiger partial charge in [0, 0.05) is 55.0 Å². The van der Waals surface area contributed by atoms with Crippen LogP contribution in [0.2, 0.25) is 0 Å². The van der Waals surface area contributed by atoms with Gasteiger partial charge in [-0.25, -0.2) is 0 Å². The van der Waals surface area contributed by atoms with Gasteiger partial charge in [0.1, 0.15) is 11.2 Å². The van der Waals surface area contributed by atoms with Gasteiger partial charge in [0.05, 0.1) is 22.7 Å². The molecule has 4 nitrogen and oxygen atoms in total. The Kier molecular flexibility index (Phi) is 13.9. The quantitative estimate of drug-likeness (QED) is 0.0958. The van der Waals surface area contributed by atoms with Gasteiger partial charge in [0.15, 0.2) is 11.2 Å². The molecule has 0 N–H and O–H groups in total. The number of furan rings is 2. The number of nitrogens with zero attached hydrogens (tertiary/aromatic N) is 2. The van der Waals surface area contributed by atoms with E-state index in [-0.39, 0.29) is 11.8 Å². The summed E-state index contributed by atoms with van der Waals surface area (Å²) in [5.74, 6) is 0.385. The number of aryl methyl sites for hydroxylation is 5. The van der Waals surface area contributed by atoms with Crippen LogP contribution in [0.1, 0.15) is 112 Å². The normalized spacial score (nSPS) is 11.9. The molecule has 11 aromatic carbocycles. The lowest BCUT2D eigenvalue weighted by atomic mass is 9.84. The molecule has 13 rings (SSSR count). The van der Waals surface area contributed by atoms with Crippen molar-refractivity contribution < 1.29 is 8.83 Å². The lowest BCUT2D eigenvalue weighted by molar-refractivity contribution is 0.669. The van der Waals surface area contributed by atoms with Crippen molar-refractivity contribution in [2.75, 3.05) is 9.80 Å². The van der Waals surface area contributed by atoms with Gasteiger partial charge in [-0.2, -0.15) is 0 Å². The highest BCUT2D eigenvalue weighted by atomic mass is 16.3. The third-order valence-corrected chi connectivity index (χ3v) is 17.7. The van der Waals surface area contributed by atoms with E-state index in [1.807, 2.05) is 0 Å². The van der Waals surface area contributed by atoms with Gasteiger partial charge < -0.3 is 18.6 Å². The van der Waals surface area contributed by atoms with Crippen LogP contribution in [0.15, 0.2) is 210 Å². The second kappa shape index (κ2) is 21.7. The smallest absolute Gasteiger partial charge is 0.159 e. The van der Waals surface area contributed by atoms with Crippen molar-refractivity contribution in [2.45, 2.75) is 99.8 Å². The minimum Gasteiger partial charge on any atom is -0.453 e. The maximum atomic E-state index is 7.36. The highest BCUT2D eigenvalue weighted by Crippen LogP contribution is 2.53. The first-order valence-electron chi connectivity index (χ1n) is 30.1. The second-order valence-corrected chi connectivity index (χ2v) is 23.0. The summed E-state index contributed by atoms with van der Waals surface area (Å²) in [6, 6.07) is 71.9. The molecule has 4 heteroatoms. The van der Waals surface area contributed by atoms with Gasteiger partial charge >= 0.3 is 0 Å². The van der Waals surface area contributed by atoms with E-state index in [0.717, 1.165) is 126 Å². The van der Waals surface area contributed by atoms with E-state index >= 15 is 0 Å². The van der Waals surface area contributed by atoms with Gasteiger partial charge in [-0.1, -0.05) is 214 Å². The molecule has 0 unspecified atom stereocenters. The number of hydrogen-bond acceptors (Lipinski definition) is 4. The molecule has 2 heterocycles. The van der Waals surface area contributed by atoms with E-state index in [9.17, 15) is 0 Å². The number of fused-ring (bicyclic) bond motifs is 9. The second-order valence-electron chi connectivity index (χ2n) is 23.0. The van der Waals surface area contributed by atoms with Crippen LogP contribution in [0.4, 0.5) is 34.1 Å². The molecular formula is C79H72N2O2. The first-order chi connectivity index (χ1) is 40.5. The zero-order chi connectivity index (χ0) is 57.2. The lowest BCUT2D eigenvalue weighted by Gasteiger charge is -2.32. The average Bonchev–Trinajstić information content (AvgIpc) is 3.68. The van der Waals surface area contributed by atoms with Crippen molar-refractivity contribution in [3.05, 3.63) is 245 Å². The molecule has 0 aliphatic heterocycles. The number of hydrogen-bond donors (Lipinski definition) is 0. The highest BCUT2D eigenvalue weighted by molar-refractivity contribution is 6.22. The molecule has 0 spiro atoms. The Morgan fingerprint density at radius 2 is 0.807 bits per heavy atom. The van der Waals surface area contributed by atoms with Gasteiger partial charge in [-0.3, -0.25) is 0 Å². The summed E-state index contributed by atoms with van der Waals surface area (Å²) in [5, 5.41) is 9.15. The highest BCUT2D eigenvalue weighted by Gasteiger charge is 2.29. The van der Waals surface area contributed by atoms with Crippen LogP contribution in [-0.4, -0.2) is 0 Å². The van der Waals surface area contributed by atoms with E-state index in [0.29, 0.717) is 0 Å². The van der Waals surface area contributed by atoms with Crippen LogP contribution in [0.5, 0.6) is 0 Å². The maximum absolute atomic E-state index is 7.36. The Bertz CT molecular complexity index is 4640. The van der Waals surface area contributed by atoms with Crippen LogP contribution in [0.3, 0.4) is 0 Å². The number of anilines is 6. The van der Waals surface area contributed by atoms with Crippen molar-refractivity contribution in [1.29, 1.82) is 0 Å². The number of benzene rings is 11. The molecule has 0 saturated heterocycles. The number of rotatable bonds is 15. The molecule has 0 bridgehead atoms. The standard InChI is InChI=1S/C79H72N2O2/c1-11-51-36-40-55(41-37-51)80(70-34-22-32-65-63-30-20-28-61(76(63)82-78(65)70)58-26-18-16-24-53(58)13-3)72-47-69(49(8)9)60-44-45-67-73(46-68(48(6)7)50(10)74(67)75(60)57(72)15-5)81(56-42-38-52(12-2)39-43-56)71-35-23-33-66-64-31-21-29-62(77(64)83-79(66)71)59-27-19-17-25-54(59)14-4/h15-49H,5,11-14H2,1-4,6-10H3. The fraction of sp³-hybridized carbons (Fsp3) is 0.190. The molecule has 0 radical (unpaired) electrons. The van der Waals surface area contributed by atoms with Crippen LogP contribution in [0, 0.1) is 6.92 Å². The minimum atomic E-state index is 0.182. The topological polar surface area (TPSA) is 32.8 Å².